The average Bonchev–Trinajstić information content (AvgIpc) is 2.01. The SMILES string of the molecule is c1ccc([C@H]2NCC23CCC3)cc1. The van der Waals surface area contributed by atoms with Crippen molar-refractivity contribution in [3.8, 4) is 0 Å². The van der Waals surface area contributed by atoms with Gasteiger partial charge in [-0.25, -0.2) is 0 Å². The molecule has 1 heteroatoms. The molecule has 1 aromatic rings. The van der Waals surface area contributed by atoms with Crippen LogP contribution in [0.3, 0.4) is 0 Å². The normalized spacial score (nSPS) is 29.4. The van der Waals surface area contributed by atoms with Crippen molar-refractivity contribution in [1.82, 2.24) is 5.32 Å². The first kappa shape index (κ1) is 7.57. The molecule has 1 saturated heterocycles. The first-order valence-corrected chi connectivity index (χ1v) is 5.19. The molecule has 0 aromatic heterocycles. The quantitative estimate of drug-likeness (QED) is 0.688. The highest BCUT2D eigenvalue weighted by Crippen LogP contribution is 2.54. The number of nitrogens with one attached hydrogen (secondary N) is 1. The average molecular weight is 173 g/mol. The van der Waals surface area contributed by atoms with Gasteiger partial charge in [-0.3, -0.25) is 0 Å². The third kappa shape index (κ3) is 0.969. The third-order valence-corrected chi connectivity index (χ3v) is 3.75. The fourth-order valence-corrected chi connectivity index (χ4v) is 2.71. The molecule has 1 aliphatic carbocycles. The summed E-state index contributed by atoms with van der Waals surface area (Å²) in [5.74, 6) is 0. The minimum Gasteiger partial charge on any atom is -0.309 e. The molecule has 0 amide bonds. The zero-order valence-corrected chi connectivity index (χ0v) is 7.79. The van der Waals surface area contributed by atoms with Gasteiger partial charge in [-0.2, -0.15) is 0 Å². The van der Waals surface area contributed by atoms with Crippen LogP contribution in [0.4, 0.5) is 0 Å². The molecule has 68 valence electrons. The van der Waals surface area contributed by atoms with Gasteiger partial charge in [-0.05, 0) is 18.4 Å². The van der Waals surface area contributed by atoms with Crippen molar-refractivity contribution in [2.75, 3.05) is 6.54 Å². The van der Waals surface area contributed by atoms with Gasteiger partial charge >= 0.3 is 0 Å². The second kappa shape index (κ2) is 2.58. The zero-order valence-electron chi connectivity index (χ0n) is 7.79. The molecule has 0 radical (unpaired) electrons. The first-order valence-electron chi connectivity index (χ1n) is 5.19. The van der Waals surface area contributed by atoms with E-state index < -0.39 is 0 Å². The molecule has 13 heavy (non-hydrogen) atoms. The lowest BCUT2D eigenvalue weighted by Crippen LogP contribution is -2.59. The highest BCUT2D eigenvalue weighted by atomic mass is 15.1. The van der Waals surface area contributed by atoms with E-state index in [9.17, 15) is 0 Å². The van der Waals surface area contributed by atoms with Crippen molar-refractivity contribution < 1.29 is 0 Å². The minimum atomic E-state index is 0.654. The fourth-order valence-electron chi connectivity index (χ4n) is 2.71. The van der Waals surface area contributed by atoms with E-state index >= 15 is 0 Å². The van der Waals surface area contributed by atoms with Gasteiger partial charge in [0.05, 0.1) is 0 Å². The number of hydrogen-bond acceptors (Lipinski definition) is 1. The fraction of sp³-hybridized carbons (Fsp3) is 0.500. The Labute approximate surface area is 79.2 Å². The maximum atomic E-state index is 3.55. The molecular weight excluding hydrogens is 158 g/mol. The molecule has 0 bridgehead atoms. The van der Waals surface area contributed by atoms with Crippen molar-refractivity contribution in [2.24, 2.45) is 5.41 Å². The van der Waals surface area contributed by atoms with Gasteiger partial charge in [0.25, 0.3) is 0 Å². The predicted molar refractivity (Wildman–Crippen MR) is 53.5 cm³/mol. The van der Waals surface area contributed by atoms with Gasteiger partial charge in [0.15, 0.2) is 0 Å². The summed E-state index contributed by atoms with van der Waals surface area (Å²) in [6.07, 6.45) is 4.30. The molecule has 1 heterocycles. The molecule has 1 spiro atoms. The Morgan fingerprint density at radius 1 is 1.15 bits per heavy atom. The second-order valence-electron chi connectivity index (χ2n) is 4.44. The summed E-state index contributed by atoms with van der Waals surface area (Å²) in [6.45, 7) is 1.24. The lowest BCUT2D eigenvalue weighted by molar-refractivity contribution is -0.00564. The second-order valence-corrected chi connectivity index (χ2v) is 4.44. The molecule has 1 nitrogen and oxygen atoms in total. The van der Waals surface area contributed by atoms with Crippen molar-refractivity contribution in [3.63, 3.8) is 0 Å². The van der Waals surface area contributed by atoms with Crippen LogP contribution in [0.2, 0.25) is 0 Å². The molecule has 1 aliphatic heterocycles. The summed E-state index contributed by atoms with van der Waals surface area (Å²) < 4.78 is 0. The molecule has 3 rings (SSSR count). The van der Waals surface area contributed by atoms with E-state index in [0.29, 0.717) is 11.5 Å². The van der Waals surface area contributed by atoms with Crippen LogP contribution >= 0.6 is 0 Å². The van der Waals surface area contributed by atoms with Gasteiger partial charge in [0.1, 0.15) is 0 Å². The van der Waals surface area contributed by atoms with Gasteiger partial charge in [-0.1, -0.05) is 36.8 Å². The van der Waals surface area contributed by atoms with E-state index in [0.717, 1.165) is 0 Å². The predicted octanol–water partition coefficient (Wildman–Crippen LogP) is 2.50. The van der Waals surface area contributed by atoms with E-state index in [1.165, 1.54) is 31.4 Å². The Morgan fingerprint density at radius 3 is 2.38 bits per heavy atom. The minimum absolute atomic E-state index is 0.654. The Balaban J connectivity index is 1.87. The summed E-state index contributed by atoms with van der Waals surface area (Å²) in [7, 11) is 0. The Hall–Kier alpha value is -0.820. The van der Waals surface area contributed by atoms with Crippen LogP contribution in [0.1, 0.15) is 30.9 Å². The van der Waals surface area contributed by atoms with Crippen LogP contribution in [-0.4, -0.2) is 6.54 Å². The standard InChI is InChI=1S/C12H15N/c1-2-5-10(6-3-1)11-12(9-13-11)7-4-8-12/h1-3,5-6,11,13H,4,7-9H2/t11-/m1/s1. The van der Waals surface area contributed by atoms with E-state index in [2.05, 4.69) is 35.6 Å². The summed E-state index contributed by atoms with van der Waals surface area (Å²) in [5.41, 5.74) is 2.13. The molecule has 1 N–H and O–H groups in total. The van der Waals surface area contributed by atoms with Gasteiger partial charge in [0, 0.05) is 18.0 Å². The molecule has 1 aromatic carbocycles. The highest BCUT2D eigenvalue weighted by molar-refractivity contribution is 5.26. The van der Waals surface area contributed by atoms with Crippen molar-refractivity contribution in [1.29, 1.82) is 0 Å². The van der Waals surface area contributed by atoms with E-state index in [4.69, 9.17) is 0 Å². The number of rotatable bonds is 1. The van der Waals surface area contributed by atoms with Crippen molar-refractivity contribution >= 4 is 0 Å². The summed E-state index contributed by atoms with van der Waals surface area (Å²) in [5, 5.41) is 3.55. The largest absolute Gasteiger partial charge is 0.309 e. The topological polar surface area (TPSA) is 12.0 Å². The number of hydrogen-bond donors (Lipinski definition) is 1. The van der Waals surface area contributed by atoms with Crippen molar-refractivity contribution in [3.05, 3.63) is 35.9 Å². The van der Waals surface area contributed by atoms with Gasteiger partial charge < -0.3 is 5.32 Å². The third-order valence-electron chi connectivity index (χ3n) is 3.75. The van der Waals surface area contributed by atoms with Crippen molar-refractivity contribution in [2.45, 2.75) is 25.3 Å². The molecule has 2 fully saturated rings. The Bertz CT molecular complexity index is 295. The molecule has 2 aliphatic rings. The van der Waals surface area contributed by atoms with Crippen LogP contribution in [0.25, 0.3) is 0 Å². The lowest BCUT2D eigenvalue weighted by atomic mass is 9.58. The molecule has 0 unspecified atom stereocenters. The Kier molecular flexibility index (Phi) is 1.50. The van der Waals surface area contributed by atoms with Crippen LogP contribution in [0.15, 0.2) is 30.3 Å². The van der Waals surface area contributed by atoms with Gasteiger partial charge in [-0.15, -0.1) is 0 Å². The summed E-state index contributed by atoms with van der Waals surface area (Å²) in [4.78, 5) is 0. The smallest absolute Gasteiger partial charge is 0.0389 e. The molecular formula is C12H15N. The van der Waals surface area contributed by atoms with E-state index in [1.54, 1.807) is 0 Å². The van der Waals surface area contributed by atoms with E-state index in [-0.39, 0.29) is 0 Å². The monoisotopic (exact) mass is 173 g/mol. The maximum Gasteiger partial charge on any atom is 0.0389 e. The number of benzene rings is 1. The van der Waals surface area contributed by atoms with E-state index in [1.807, 2.05) is 0 Å². The molecule has 1 saturated carbocycles. The summed E-state index contributed by atoms with van der Waals surface area (Å²) in [6, 6.07) is 11.5. The first-order chi connectivity index (χ1) is 6.41. The van der Waals surface area contributed by atoms with Crippen LogP contribution in [-0.2, 0) is 0 Å². The molecule has 1 atom stereocenters. The van der Waals surface area contributed by atoms with Crippen LogP contribution in [0.5, 0.6) is 0 Å². The van der Waals surface area contributed by atoms with Crippen LogP contribution in [0, 0.1) is 5.41 Å². The Morgan fingerprint density at radius 2 is 1.92 bits per heavy atom. The summed E-state index contributed by atoms with van der Waals surface area (Å²) >= 11 is 0. The van der Waals surface area contributed by atoms with Crippen LogP contribution < -0.4 is 5.32 Å². The van der Waals surface area contributed by atoms with Gasteiger partial charge in [0.2, 0.25) is 0 Å². The maximum absolute atomic E-state index is 3.55. The zero-order chi connectivity index (χ0) is 8.73. The highest BCUT2D eigenvalue weighted by Gasteiger charge is 2.50. The lowest BCUT2D eigenvalue weighted by Gasteiger charge is -2.57.